The minimum Gasteiger partial charge on any atom is -0.424 e. The van der Waals surface area contributed by atoms with Crippen LogP contribution in [-0.2, 0) is 6.42 Å². The van der Waals surface area contributed by atoms with E-state index in [2.05, 4.69) is 34.1 Å². The molecule has 1 aliphatic heterocycles. The van der Waals surface area contributed by atoms with Crippen molar-refractivity contribution in [3.63, 3.8) is 0 Å². The molecule has 96 valence electrons. The first-order valence-corrected chi connectivity index (χ1v) is 6.41. The summed E-state index contributed by atoms with van der Waals surface area (Å²) in [5, 5.41) is 8.26. The predicted octanol–water partition coefficient (Wildman–Crippen LogP) is 1.68. The van der Waals surface area contributed by atoms with E-state index in [0.717, 1.165) is 37.8 Å². The highest BCUT2D eigenvalue weighted by Gasteiger charge is 2.28. The SMILES string of the molecule is CCc1nnc([C@@H]2CCCCN2CN(C)C)o1. The molecule has 1 aliphatic rings. The summed E-state index contributed by atoms with van der Waals surface area (Å²) in [7, 11) is 4.19. The summed E-state index contributed by atoms with van der Waals surface area (Å²) in [6, 6.07) is 0.305. The Morgan fingerprint density at radius 3 is 2.82 bits per heavy atom. The van der Waals surface area contributed by atoms with Crippen molar-refractivity contribution >= 4 is 0 Å². The van der Waals surface area contributed by atoms with Crippen molar-refractivity contribution < 1.29 is 4.42 Å². The monoisotopic (exact) mass is 238 g/mol. The molecular weight excluding hydrogens is 216 g/mol. The number of nitrogens with zero attached hydrogens (tertiary/aromatic N) is 4. The molecule has 0 N–H and O–H groups in total. The van der Waals surface area contributed by atoms with Gasteiger partial charge in [0.25, 0.3) is 0 Å². The van der Waals surface area contributed by atoms with Crippen LogP contribution in [0.3, 0.4) is 0 Å². The number of piperidine rings is 1. The molecule has 1 fully saturated rings. The van der Waals surface area contributed by atoms with Crippen molar-refractivity contribution in [1.29, 1.82) is 0 Å². The van der Waals surface area contributed by atoms with Crippen LogP contribution in [0.15, 0.2) is 4.42 Å². The molecule has 1 saturated heterocycles. The topological polar surface area (TPSA) is 45.4 Å². The molecule has 2 rings (SSSR count). The van der Waals surface area contributed by atoms with E-state index < -0.39 is 0 Å². The lowest BCUT2D eigenvalue weighted by atomic mass is 10.0. The van der Waals surface area contributed by atoms with Crippen molar-refractivity contribution in [2.75, 3.05) is 27.3 Å². The van der Waals surface area contributed by atoms with Crippen LogP contribution in [0.1, 0.15) is 44.0 Å². The Kier molecular flexibility index (Phi) is 4.12. The van der Waals surface area contributed by atoms with E-state index >= 15 is 0 Å². The highest BCUT2D eigenvalue weighted by molar-refractivity contribution is 4.93. The van der Waals surface area contributed by atoms with Gasteiger partial charge in [-0.05, 0) is 26.9 Å². The lowest BCUT2D eigenvalue weighted by Crippen LogP contribution is -2.39. The van der Waals surface area contributed by atoms with Gasteiger partial charge in [-0.25, -0.2) is 0 Å². The highest BCUT2D eigenvalue weighted by atomic mass is 16.4. The van der Waals surface area contributed by atoms with Gasteiger partial charge < -0.3 is 4.42 Å². The Labute approximate surface area is 103 Å². The van der Waals surface area contributed by atoms with Crippen LogP contribution in [0.5, 0.6) is 0 Å². The van der Waals surface area contributed by atoms with Crippen LogP contribution < -0.4 is 0 Å². The first-order valence-electron chi connectivity index (χ1n) is 6.41. The van der Waals surface area contributed by atoms with Crippen molar-refractivity contribution in [3.05, 3.63) is 11.8 Å². The first-order chi connectivity index (χ1) is 8.20. The van der Waals surface area contributed by atoms with Gasteiger partial charge >= 0.3 is 0 Å². The Morgan fingerprint density at radius 1 is 1.35 bits per heavy atom. The van der Waals surface area contributed by atoms with Gasteiger partial charge in [0, 0.05) is 13.0 Å². The predicted molar refractivity (Wildman–Crippen MR) is 65.5 cm³/mol. The van der Waals surface area contributed by atoms with E-state index in [4.69, 9.17) is 4.42 Å². The molecule has 0 amide bonds. The zero-order valence-electron chi connectivity index (χ0n) is 11.0. The normalized spacial score (nSPS) is 22.2. The largest absolute Gasteiger partial charge is 0.424 e. The second kappa shape index (κ2) is 5.60. The summed E-state index contributed by atoms with van der Waals surface area (Å²) < 4.78 is 5.70. The molecule has 1 atom stereocenters. The molecule has 0 saturated carbocycles. The van der Waals surface area contributed by atoms with Crippen LogP contribution >= 0.6 is 0 Å². The zero-order valence-corrected chi connectivity index (χ0v) is 11.0. The number of rotatable bonds is 4. The second-order valence-electron chi connectivity index (χ2n) is 4.93. The molecule has 0 spiro atoms. The average Bonchev–Trinajstić information content (AvgIpc) is 2.77. The van der Waals surface area contributed by atoms with Gasteiger partial charge in [0.2, 0.25) is 11.8 Å². The average molecular weight is 238 g/mol. The van der Waals surface area contributed by atoms with E-state index in [9.17, 15) is 0 Å². The summed E-state index contributed by atoms with van der Waals surface area (Å²) in [4.78, 5) is 4.62. The van der Waals surface area contributed by atoms with E-state index in [0.29, 0.717) is 6.04 Å². The maximum absolute atomic E-state index is 5.70. The molecule has 17 heavy (non-hydrogen) atoms. The van der Waals surface area contributed by atoms with Crippen LogP contribution in [0.4, 0.5) is 0 Å². The van der Waals surface area contributed by atoms with Gasteiger partial charge in [-0.1, -0.05) is 13.3 Å². The minimum absolute atomic E-state index is 0.305. The zero-order chi connectivity index (χ0) is 12.3. The summed E-state index contributed by atoms with van der Waals surface area (Å²) in [5.41, 5.74) is 0. The minimum atomic E-state index is 0.305. The van der Waals surface area contributed by atoms with Gasteiger partial charge in [0.15, 0.2) is 0 Å². The number of likely N-dealkylation sites (tertiary alicyclic amines) is 1. The fourth-order valence-corrected chi connectivity index (χ4v) is 2.35. The molecule has 1 aromatic heterocycles. The molecule has 1 aromatic rings. The number of aromatic nitrogens is 2. The number of hydrogen-bond donors (Lipinski definition) is 0. The van der Waals surface area contributed by atoms with Gasteiger partial charge in [-0.2, -0.15) is 0 Å². The standard InChI is InChI=1S/C12H22N4O/c1-4-11-13-14-12(17-11)10-7-5-6-8-16(10)9-15(2)3/h10H,4-9H2,1-3H3/t10-/m0/s1. The quantitative estimate of drug-likeness (QED) is 0.798. The lowest BCUT2D eigenvalue weighted by Gasteiger charge is -2.35. The Hall–Kier alpha value is -0.940. The molecule has 0 radical (unpaired) electrons. The summed E-state index contributed by atoms with van der Waals surface area (Å²) in [6.45, 7) is 4.11. The van der Waals surface area contributed by atoms with Gasteiger partial charge in [-0.3, -0.25) is 9.80 Å². The van der Waals surface area contributed by atoms with E-state index in [-0.39, 0.29) is 0 Å². The maximum atomic E-state index is 5.70. The molecule has 0 aliphatic carbocycles. The molecule has 0 aromatic carbocycles. The number of aryl methyl sites for hydroxylation is 1. The Morgan fingerprint density at radius 2 is 2.18 bits per heavy atom. The molecular formula is C12H22N4O. The second-order valence-corrected chi connectivity index (χ2v) is 4.93. The molecule has 5 nitrogen and oxygen atoms in total. The summed E-state index contributed by atoms with van der Waals surface area (Å²) in [6.07, 6.45) is 4.45. The molecule has 0 unspecified atom stereocenters. The van der Waals surface area contributed by atoms with Crippen molar-refractivity contribution in [2.24, 2.45) is 0 Å². The summed E-state index contributed by atoms with van der Waals surface area (Å²) in [5.74, 6) is 1.54. The fraction of sp³-hybridized carbons (Fsp3) is 0.833. The number of hydrogen-bond acceptors (Lipinski definition) is 5. The van der Waals surface area contributed by atoms with Crippen LogP contribution in [0.25, 0.3) is 0 Å². The molecule has 5 heteroatoms. The van der Waals surface area contributed by atoms with Crippen LogP contribution in [0, 0.1) is 0 Å². The smallest absolute Gasteiger partial charge is 0.233 e. The van der Waals surface area contributed by atoms with Crippen molar-refractivity contribution in [3.8, 4) is 0 Å². The summed E-state index contributed by atoms with van der Waals surface area (Å²) >= 11 is 0. The fourth-order valence-electron chi connectivity index (χ4n) is 2.35. The van der Waals surface area contributed by atoms with Crippen LogP contribution in [-0.4, -0.2) is 47.3 Å². The van der Waals surface area contributed by atoms with Crippen LogP contribution in [0.2, 0.25) is 0 Å². The Bertz CT molecular complexity index is 350. The molecule has 0 bridgehead atoms. The highest BCUT2D eigenvalue weighted by Crippen LogP contribution is 2.29. The van der Waals surface area contributed by atoms with Gasteiger partial charge in [0.05, 0.1) is 12.7 Å². The van der Waals surface area contributed by atoms with E-state index in [1.54, 1.807) is 0 Å². The Balaban J connectivity index is 2.09. The van der Waals surface area contributed by atoms with E-state index in [1.165, 1.54) is 12.8 Å². The van der Waals surface area contributed by atoms with Gasteiger partial charge in [-0.15, -0.1) is 10.2 Å². The molecule has 2 heterocycles. The third-order valence-electron chi connectivity index (χ3n) is 3.15. The third kappa shape index (κ3) is 3.04. The van der Waals surface area contributed by atoms with Crippen molar-refractivity contribution in [2.45, 2.75) is 38.6 Å². The first kappa shape index (κ1) is 12.5. The van der Waals surface area contributed by atoms with E-state index in [1.807, 2.05) is 6.92 Å². The van der Waals surface area contributed by atoms with Crippen molar-refractivity contribution in [1.82, 2.24) is 20.0 Å². The third-order valence-corrected chi connectivity index (χ3v) is 3.15. The van der Waals surface area contributed by atoms with Gasteiger partial charge in [0.1, 0.15) is 0 Å². The lowest BCUT2D eigenvalue weighted by molar-refractivity contribution is 0.0754. The maximum Gasteiger partial charge on any atom is 0.233 e.